The van der Waals surface area contributed by atoms with Crippen LogP contribution < -0.4 is 0 Å². The minimum atomic E-state index is -3.77. The largest absolute Gasteiger partial charge is 0.392 e. The van der Waals surface area contributed by atoms with Gasteiger partial charge in [0.25, 0.3) is 0 Å². The molecule has 2 aromatic carbocycles. The Morgan fingerprint density at radius 1 is 1.00 bits per heavy atom. The molecule has 1 aromatic heterocycles. The van der Waals surface area contributed by atoms with E-state index in [1.165, 1.54) is 12.1 Å². The van der Waals surface area contributed by atoms with Crippen LogP contribution in [-0.4, -0.2) is 28.5 Å². The van der Waals surface area contributed by atoms with Crippen LogP contribution in [0.25, 0.3) is 0 Å². The number of rotatable bonds is 8. The van der Waals surface area contributed by atoms with Crippen molar-refractivity contribution in [2.45, 2.75) is 49.3 Å². The molecule has 27 heavy (non-hydrogen) atoms. The summed E-state index contributed by atoms with van der Waals surface area (Å²) < 4.78 is 27.9. The number of hydrogen-bond acceptors (Lipinski definition) is 5. The molecule has 0 aliphatic heterocycles. The number of aliphatic hydroxyl groups excluding tert-OH is 1. The Kier molecular flexibility index (Phi) is 6.03. The minimum absolute atomic E-state index is 0.0172. The summed E-state index contributed by atoms with van der Waals surface area (Å²) in [5.41, 5.74) is 2.33. The van der Waals surface area contributed by atoms with E-state index in [0.717, 1.165) is 18.4 Å². The highest BCUT2D eigenvalue weighted by Crippen LogP contribution is 2.24. The van der Waals surface area contributed by atoms with Crippen molar-refractivity contribution in [1.29, 1.82) is 0 Å². The van der Waals surface area contributed by atoms with Crippen LogP contribution in [0.15, 0.2) is 64.5 Å². The maximum atomic E-state index is 13.1. The average Bonchev–Trinajstić information content (AvgIpc) is 3.10. The van der Waals surface area contributed by atoms with Gasteiger partial charge >= 0.3 is 0 Å². The highest BCUT2D eigenvalue weighted by atomic mass is 32.2. The van der Waals surface area contributed by atoms with E-state index in [1.54, 1.807) is 16.8 Å². The van der Waals surface area contributed by atoms with E-state index in [1.807, 2.05) is 30.3 Å². The first-order chi connectivity index (χ1) is 13.1. The lowest BCUT2D eigenvalue weighted by molar-refractivity contribution is 0.282. The fraction of sp³-hybridized carbons (Fsp3) is 0.300. The number of benzene rings is 2. The van der Waals surface area contributed by atoms with Crippen molar-refractivity contribution in [2.24, 2.45) is 0 Å². The molecule has 6 nitrogen and oxygen atoms in total. The van der Waals surface area contributed by atoms with Crippen LogP contribution >= 0.6 is 0 Å². The molecule has 0 saturated carbocycles. The smallest absolute Gasteiger partial charge is 0.227 e. The second-order valence-corrected chi connectivity index (χ2v) is 8.26. The lowest BCUT2D eigenvalue weighted by Crippen LogP contribution is -2.10. The SMILES string of the molecule is CCCCc1c(S(=O)(=O)c2ccc(CO)cc2)nnn1Cc1ccccc1. The van der Waals surface area contributed by atoms with E-state index < -0.39 is 9.84 Å². The van der Waals surface area contributed by atoms with Crippen molar-refractivity contribution in [1.82, 2.24) is 15.0 Å². The molecular formula is C20H23N3O3S. The van der Waals surface area contributed by atoms with Gasteiger partial charge in [-0.25, -0.2) is 13.1 Å². The minimum Gasteiger partial charge on any atom is -0.392 e. The summed E-state index contributed by atoms with van der Waals surface area (Å²) in [6.45, 7) is 2.41. The van der Waals surface area contributed by atoms with Gasteiger partial charge in [0.1, 0.15) is 0 Å². The van der Waals surface area contributed by atoms with Crippen molar-refractivity contribution in [3.05, 3.63) is 71.4 Å². The first-order valence-corrected chi connectivity index (χ1v) is 10.5. The Hall–Kier alpha value is -2.51. The summed E-state index contributed by atoms with van der Waals surface area (Å²) in [5, 5.41) is 17.3. The van der Waals surface area contributed by atoms with Crippen LogP contribution in [-0.2, 0) is 29.4 Å². The molecular weight excluding hydrogens is 362 g/mol. The summed E-state index contributed by atoms with van der Waals surface area (Å²) in [6, 6.07) is 16.0. The molecule has 0 radical (unpaired) electrons. The Balaban J connectivity index is 2.00. The molecule has 0 atom stereocenters. The Morgan fingerprint density at radius 2 is 1.70 bits per heavy atom. The first kappa shape index (κ1) is 19.3. The molecule has 7 heteroatoms. The van der Waals surface area contributed by atoms with E-state index >= 15 is 0 Å². The second-order valence-electron chi connectivity index (χ2n) is 6.39. The number of hydrogen-bond donors (Lipinski definition) is 1. The van der Waals surface area contributed by atoms with Gasteiger partial charge < -0.3 is 5.11 Å². The normalized spacial score (nSPS) is 11.6. The zero-order valence-corrected chi connectivity index (χ0v) is 16.1. The predicted molar refractivity (Wildman–Crippen MR) is 102 cm³/mol. The number of sulfone groups is 1. The van der Waals surface area contributed by atoms with Crippen molar-refractivity contribution >= 4 is 9.84 Å². The van der Waals surface area contributed by atoms with Gasteiger partial charge in [0, 0.05) is 0 Å². The second kappa shape index (κ2) is 8.45. The predicted octanol–water partition coefficient (Wildman–Crippen LogP) is 2.99. The highest BCUT2D eigenvalue weighted by molar-refractivity contribution is 7.91. The number of nitrogens with zero attached hydrogens (tertiary/aromatic N) is 3. The monoisotopic (exact) mass is 385 g/mol. The van der Waals surface area contributed by atoms with Gasteiger partial charge in [-0.05, 0) is 36.1 Å². The lowest BCUT2D eigenvalue weighted by Gasteiger charge is -2.09. The van der Waals surface area contributed by atoms with Crippen molar-refractivity contribution in [3.8, 4) is 0 Å². The molecule has 0 spiro atoms. The van der Waals surface area contributed by atoms with Crippen LogP contribution in [0.5, 0.6) is 0 Å². The molecule has 0 amide bonds. The molecule has 0 saturated heterocycles. The zero-order valence-electron chi connectivity index (χ0n) is 15.2. The Bertz CT molecular complexity index is 981. The maximum Gasteiger partial charge on any atom is 0.227 e. The van der Waals surface area contributed by atoms with Crippen molar-refractivity contribution in [3.63, 3.8) is 0 Å². The maximum absolute atomic E-state index is 13.1. The number of aromatic nitrogens is 3. The topological polar surface area (TPSA) is 85.1 Å². The van der Waals surface area contributed by atoms with Gasteiger partial charge in [-0.2, -0.15) is 0 Å². The van der Waals surface area contributed by atoms with E-state index in [0.29, 0.717) is 24.2 Å². The van der Waals surface area contributed by atoms with E-state index in [4.69, 9.17) is 5.11 Å². The molecule has 0 unspecified atom stereocenters. The molecule has 142 valence electrons. The van der Waals surface area contributed by atoms with Crippen LogP contribution in [0.2, 0.25) is 0 Å². The summed E-state index contributed by atoms with van der Waals surface area (Å²) in [7, 11) is -3.77. The molecule has 1 N–H and O–H groups in total. The molecule has 3 aromatic rings. The fourth-order valence-electron chi connectivity index (χ4n) is 2.87. The molecule has 0 fully saturated rings. The Morgan fingerprint density at radius 3 is 2.33 bits per heavy atom. The van der Waals surface area contributed by atoms with E-state index in [-0.39, 0.29) is 16.5 Å². The zero-order chi connectivity index (χ0) is 19.3. The van der Waals surface area contributed by atoms with Crippen LogP contribution in [0, 0.1) is 0 Å². The number of unbranched alkanes of at least 4 members (excludes halogenated alkanes) is 1. The van der Waals surface area contributed by atoms with Gasteiger partial charge in [-0.15, -0.1) is 5.10 Å². The third-order valence-corrected chi connectivity index (χ3v) is 6.13. The molecule has 0 bridgehead atoms. The first-order valence-electron chi connectivity index (χ1n) is 8.97. The standard InChI is InChI=1S/C20H23N3O3S/c1-2-3-9-19-20(21-22-23(19)14-16-7-5-4-6-8-16)27(25,26)18-12-10-17(15-24)11-13-18/h4-8,10-13,24H,2-3,9,14-15H2,1H3. The fourth-order valence-corrected chi connectivity index (χ4v) is 4.25. The third-order valence-electron chi connectivity index (χ3n) is 4.42. The summed E-state index contributed by atoms with van der Waals surface area (Å²) in [5.74, 6) is 0. The van der Waals surface area contributed by atoms with E-state index in [2.05, 4.69) is 17.2 Å². The van der Waals surface area contributed by atoms with E-state index in [9.17, 15) is 8.42 Å². The molecule has 0 aliphatic rings. The van der Waals surface area contributed by atoms with Gasteiger partial charge in [-0.3, -0.25) is 0 Å². The molecule has 0 aliphatic carbocycles. The third kappa shape index (κ3) is 4.26. The van der Waals surface area contributed by atoms with Gasteiger partial charge in [0.2, 0.25) is 14.9 Å². The van der Waals surface area contributed by atoms with Crippen molar-refractivity contribution in [2.75, 3.05) is 0 Å². The van der Waals surface area contributed by atoms with Gasteiger partial charge in [-0.1, -0.05) is 61.0 Å². The van der Waals surface area contributed by atoms with Gasteiger partial charge in [0.05, 0.1) is 23.7 Å². The molecule has 3 rings (SSSR count). The van der Waals surface area contributed by atoms with Crippen LogP contribution in [0.4, 0.5) is 0 Å². The van der Waals surface area contributed by atoms with Crippen LogP contribution in [0.3, 0.4) is 0 Å². The van der Waals surface area contributed by atoms with Crippen LogP contribution in [0.1, 0.15) is 36.6 Å². The Labute approximate surface area is 159 Å². The summed E-state index contributed by atoms with van der Waals surface area (Å²) >= 11 is 0. The molecule has 1 heterocycles. The highest BCUT2D eigenvalue weighted by Gasteiger charge is 2.27. The number of aliphatic hydroxyl groups is 1. The van der Waals surface area contributed by atoms with Gasteiger partial charge in [0.15, 0.2) is 0 Å². The van der Waals surface area contributed by atoms with Crippen molar-refractivity contribution < 1.29 is 13.5 Å². The quantitative estimate of drug-likeness (QED) is 0.644. The average molecular weight is 385 g/mol. The summed E-state index contributed by atoms with van der Waals surface area (Å²) in [4.78, 5) is 0.157. The lowest BCUT2D eigenvalue weighted by atomic mass is 10.2. The summed E-state index contributed by atoms with van der Waals surface area (Å²) in [6.07, 6.45) is 2.40.